The van der Waals surface area contributed by atoms with Crippen LogP contribution in [0.5, 0.6) is 11.5 Å². The first kappa shape index (κ1) is 19.5. The fourth-order valence-corrected chi connectivity index (χ4v) is 3.73. The third-order valence-corrected chi connectivity index (χ3v) is 4.99. The number of aromatic hydroxyl groups is 1. The lowest BCUT2D eigenvalue weighted by Crippen LogP contribution is -2.01. The minimum absolute atomic E-state index is 0.198. The van der Waals surface area contributed by atoms with Crippen molar-refractivity contribution >= 4 is 11.1 Å². The van der Waals surface area contributed by atoms with Gasteiger partial charge in [-0.3, -0.25) is 0 Å². The summed E-state index contributed by atoms with van der Waals surface area (Å²) in [5, 5.41) is 11.0. The maximum Gasteiger partial charge on any atom is 0.130 e. The summed E-state index contributed by atoms with van der Waals surface area (Å²) in [6.45, 7) is 2.47. The third-order valence-electron chi connectivity index (χ3n) is 4.99. The summed E-state index contributed by atoms with van der Waals surface area (Å²) in [5.41, 5.74) is 5.86. The molecule has 4 aromatic rings. The second-order valence-electron chi connectivity index (χ2n) is 6.93. The highest BCUT2D eigenvalue weighted by Gasteiger charge is 2.21. The molecule has 0 bridgehead atoms. The number of rotatable bonds is 6. The van der Waals surface area contributed by atoms with Gasteiger partial charge in [0.15, 0.2) is 0 Å². The Labute approximate surface area is 177 Å². The highest BCUT2D eigenvalue weighted by atomic mass is 16.5. The SMILES string of the molecule is CCOc1cccc(O)c1C(=C(c1ccccc1)c1ccccc1)c1ccccc1. The zero-order chi connectivity index (χ0) is 20.8. The summed E-state index contributed by atoms with van der Waals surface area (Å²) in [4.78, 5) is 0. The lowest BCUT2D eigenvalue weighted by Gasteiger charge is -2.21. The molecule has 2 heteroatoms. The van der Waals surface area contributed by atoms with E-state index in [2.05, 4.69) is 36.4 Å². The molecule has 0 radical (unpaired) electrons. The van der Waals surface area contributed by atoms with E-state index < -0.39 is 0 Å². The Morgan fingerprint density at radius 1 is 0.600 bits per heavy atom. The molecular weight excluding hydrogens is 368 g/mol. The van der Waals surface area contributed by atoms with Gasteiger partial charge in [-0.05, 0) is 41.3 Å². The van der Waals surface area contributed by atoms with Crippen molar-refractivity contribution in [1.82, 2.24) is 0 Å². The Hall–Kier alpha value is -3.78. The Morgan fingerprint density at radius 2 is 1.07 bits per heavy atom. The van der Waals surface area contributed by atoms with E-state index in [1.165, 1.54) is 0 Å². The van der Waals surface area contributed by atoms with Crippen molar-refractivity contribution < 1.29 is 9.84 Å². The van der Waals surface area contributed by atoms with Crippen LogP contribution in [0.3, 0.4) is 0 Å². The summed E-state index contributed by atoms with van der Waals surface area (Å²) in [6, 6.07) is 36.2. The van der Waals surface area contributed by atoms with Crippen LogP contribution in [0, 0.1) is 0 Å². The maximum absolute atomic E-state index is 11.0. The van der Waals surface area contributed by atoms with Crippen LogP contribution in [0.1, 0.15) is 29.2 Å². The van der Waals surface area contributed by atoms with Crippen LogP contribution >= 0.6 is 0 Å². The van der Waals surface area contributed by atoms with Gasteiger partial charge in [-0.2, -0.15) is 0 Å². The lowest BCUT2D eigenvalue weighted by atomic mass is 9.85. The molecule has 0 heterocycles. The monoisotopic (exact) mass is 392 g/mol. The van der Waals surface area contributed by atoms with E-state index in [0.29, 0.717) is 17.9 Å². The molecule has 0 unspecified atom stereocenters. The van der Waals surface area contributed by atoms with Gasteiger partial charge in [0, 0.05) is 5.57 Å². The van der Waals surface area contributed by atoms with Crippen LogP contribution in [-0.2, 0) is 0 Å². The summed E-state index contributed by atoms with van der Waals surface area (Å²) in [7, 11) is 0. The standard InChI is InChI=1S/C28H24O2/c1-2-30-25-20-12-19-24(29)28(25)27(23-17-10-5-11-18-23)26(21-13-6-3-7-14-21)22-15-8-4-9-16-22/h3-20,29H,2H2,1H3. The number of benzene rings is 4. The molecule has 148 valence electrons. The Bertz CT molecular complexity index is 1090. The molecule has 0 aliphatic rings. The fourth-order valence-electron chi connectivity index (χ4n) is 3.73. The van der Waals surface area contributed by atoms with Crippen molar-refractivity contribution in [2.24, 2.45) is 0 Å². The first-order valence-electron chi connectivity index (χ1n) is 10.1. The molecule has 2 nitrogen and oxygen atoms in total. The van der Waals surface area contributed by atoms with E-state index in [1.54, 1.807) is 6.07 Å². The van der Waals surface area contributed by atoms with Crippen LogP contribution < -0.4 is 4.74 Å². The molecule has 0 atom stereocenters. The number of hydrogen-bond acceptors (Lipinski definition) is 2. The average molecular weight is 392 g/mol. The molecule has 0 amide bonds. The first-order chi connectivity index (χ1) is 14.8. The van der Waals surface area contributed by atoms with Crippen molar-refractivity contribution in [2.75, 3.05) is 6.61 Å². The van der Waals surface area contributed by atoms with E-state index in [1.807, 2.05) is 73.7 Å². The minimum atomic E-state index is 0.198. The van der Waals surface area contributed by atoms with Crippen LogP contribution in [0.15, 0.2) is 109 Å². The van der Waals surface area contributed by atoms with Gasteiger partial charge in [-0.1, -0.05) is 97.1 Å². The minimum Gasteiger partial charge on any atom is -0.507 e. The molecule has 0 spiro atoms. The van der Waals surface area contributed by atoms with Gasteiger partial charge >= 0.3 is 0 Å². The molecular formula is C28H24O2. The Morgan fingerprint density at radius 3 is 1.53 bits per heavy atom. The summed E-state index contributed by atoms with van der Waals surface area (Å²) in [5.74, 6) is 0.866. The zero-order valence-corrected chi connectivity index (χ0v) is 17.0. The molecule has 30 heavy (non-hydrogen) atoms. The number of ether oxygens (including phenoxy) is 1. The second kappa shape index (κ2) is 9.15. The van der Waals surface area contributed by atoms with Crippen molar-refractivity contribution in [3.05, 3.63) is 131 Å². The lowest BCUT2D eigenvalue weighted by molar-refractivity contribution is 0.336. The highest BCUT2D eigenvalue weighted by Crippen LogP contribution is 2.43. The first-order valence-corrected chi connectivity index (χ1v) is 10.1. The topological polar surface area (TPSA) is 29.5 Å². The third kappa shape index (κ3) is 3.99. The summed E-state index contributed by atoms with van der Waals surface area (Å²) in [6.07, 6.45) is 0. The van der Waals surface area contributed by atoms with Crippen molar-refractivity contribution in [3.63, 3.8) is 0 Å². The average Bonchev–Trinajstić information content (AvgIpc) is 2.80. The van der Waals surface area contributed by atoms with Crippen molar-refractivity contribution in [1.29, 1.82) is 0 Å². The Kier molecular flexibility index (Phi) is 5.95. The van der Waals surface area contributed by atoms with Crippen molar-refractivity contribution in [3.8, 4) is 11.5 Å². The molecule has 4 rings (SSSR count). The predicted octanol–water partition coefficient (Wildman–Crippen LogP) is 6.80. The summed E-state index contributed by atoms with van der Waals surface area (Å²) < 4.78 is 5.95. The molecule has 0 saturated heterocycles. The normalized spacial score (nSPS) is 10.4. The van der Waals surface area contributed by atoms with Gasteiger partial charge in [0.2, 0.25) is 0 Å². The van der Waals surface area contributed by atoms with Crippen LogP contribution in [0.4, 0.5) is 0 Å². The van der Waals surface area contributed by atoms with Crippen LogP contribution in [0.2, 0.25) is 0 Å². The number of phenols is 1. The van der Waals surface area contributed by atoms with Gasteiger partial charge in [-0.15, -0.1) is 0 Å². The Balaban J connectivity index is 2.15. The van der Waals surface area contributed by atoms with E-state index in [-0.39, 0.29) is 5.75 Å². The van der Waals surface area contributed by atoms with Crippen LogP contribution in [-0.4, -0.2) is 11.7 Å². The summed E-state index contributed by atoms with van der Waals surface area (Å²) >= 11 is 0. The van der Waals surface area contributed by atoms with Gasteiger partial charge in [0.05, 0.1) is 12.2 Å². The zero-order valence-electron chi connectivity index (χ0n) is 17.0. The second-order valence-corrected chi connectivity index (χ2v) is 6.93. The van der Waals surface area contributed by atoms with E-state index in [4.69, 9.17) is 4.74 Å². The molecule has 1 N–H and O–H groups in total. The predicted molar refractivity (Wildman–Crippen MR) is 124 cm³/mol. The molecule has 0 aliphatic carbocycles. The van der Waals surface area contributed by atoms with E-state index in [0.717, 1.165) is 27.8 Å². The number of phenolic OH excluding ortho intramolecular Hbond substituents is 1. The fraction of sp³-hybridized carbons (Fsp3) is 0.0714. The van der Waals surface area contributed by atoms with Crippen molar-refractivity contribution in [2.45, 2.75) is 6.92 Å². The van der Waals surface area contributed by atoms with Gasteiger partial charge in [0.1, 0.15) is 11.5 Å². The molecule has 0 fully saturated rings. The largest absolute Gasteiger partial charge is 0.507 e. The molecule has 0 aromatic heterocycles. The van der Waals surface area contributed by atoms with Gasteiger partial charge in [0.25, 0.3) is 0 Å². The quantitative estimate of drug-likeness (QED) is 0.366. The maximum atomic E-state index is 11.0. The van der Waals surface area contributed by atoms with E-state index in [9.17, 15) is 5.11 Å². The van der Waals surface area contributed by atoms with E-state index >= 15 is 0 Å². The van der Waals surface area contributed by atoms with Gasteiger partial charge < -0.3 is 9.84 Å². The molecule has 0 saturated carbocycles. The van der Waals surface area contributed by atoms with Crippen LogP contribution in [0.25, 0.3) is 11.1 Å². The smallest absolute Gasteiger partial charge is 0.130 e. The molecule has 4 aromatic carbocycles. The highest BCUT2D eigenvalue weighted by molar-refractivity contribution is 6.06. The number of hydrogen-bond donors (Lipinski definition) is 1. The van der Waals surface area contributed by atoms with Gasteiger partial charge in [-0.25, -0.2) is 0 Å². The molecule has 0 aliphatic heterocycles.